The molecule has 0 aliphatic carbocycles. The Kier molecular flexibility index (Phi) is 4.12. The molecule has 0 rings (SSSR count). The van der Waals surface area contributed by atoms with Gasteiger partial charge in [-0.2, -0.15) is 0 Å². The summed E-state index contributed by atoms with van der Waals surface area (Å²) < 4.78 is 0. The van der Waals surface area contributed by atoms with Crippen LogP contribution in [0.1, 0.15) is 6.92 Å². The second-order valence-electron chi connectivity index (χ2n) is 1.26. The Morgan fingerprint density at radius 1 is 1.83 bits per heavy atom. The molecule has 0 unspecified atom stereocenters. The molecule has 0 aromatic rings. The van der Waals surface area contributed by atoms with E-state index in [1.165, 1.54) is 0 Å². The van der Waals surface area contributed by atoms with Gasteiger partial charge in [0.25, 0.3) is 0 Å². The van der Waals surface area contributed by atoms with E-state index in [9.17, 15) is 0 Å². The fourth-order valence-corrected chi connectivity index (χ4v) is 0.303. The normalized spacial score (nSPS) is 10.0. The Balaban J connectivity index is 2.75. The minimum atomic E-state index is 0.341. The monoisotopic (exact) mass is 125 g/mol. The summed E-state index contributed by atoms with van der Waals surface area (Å²) in [6, 6.07) is 0. The molecule has 2 heteroatoms. The van der Waals surface area contributed by atoms with Crippen LogP contribution in [-0.2, 0) is 0 Å². The molecule has 1 radical (unpaired) electrons. The Morgan fingerprint density at radius 3 is 2.33 bits per heavy atom. The van der Waals surface area contributed by atoms with E-state index in [-0.39, 0.29) is 0 Å². The molecule has 37 valence electrons. The minimum absolute atomic E-state index is 0.341. The second kappa shape index (κ2) is 3.76. The third-order valence-corrected chi connectivity index (χ3v) is 1.38. The van der Waals surface area contributed by atoms with Gasteiger partial charge in [-0.15, -0.1) is 23.2 Å². The lowest BCUT2D eigenvalue weighted by Gasteiger charge is -1.94. The van der Waals surface area contributed by atoms with Crippen molar-refractivity contribution >= 4 is 23.2 Å². The molecule has 1 atom stereocenters. The smallest absolute Gasteiger partial charge is 0.0539 e. The predicted molar refractivity (Wildman–Crippen MR) is 30.0 cm³/mol. The van der Waals surface area contributed by atoms with Crippen LogP contribution < -0.4 is 0 Å². The van der Waals surface area contributed by atoms with E-state index in [1.807, 2.05) is 6.92 Å². The Labute approximate surface area is 48.4 Å². The fourth-order valence-electron chi connectivity index (χ4n) is 0.0337. The van der Waals surface area contributed by atoms with Crippen molar-refractivity contribution in [3.8, 4) is 0 Å². The van der Waals surface area contributed by atoms with Gasteiger partial charge >= 0.3 is 0 Å². The van der Waals surface area contributed by atoms with Crippen molar-refractivity contribution in [1.82, 2.24) is 0 Å². The largest absolute Gasteiger partial charge is 0.126 e. The van der Waals surface area contributed by atoms with E-state index in [0.29, 0.717) is 11.8 Å². The summed E-state index contributed by atoms with van der Waals surface area (Å²) in [7, 11) is 0. The Morgan fingerprint density at radius 2 is 2.33 bits per heavy atom. The van der Waals surface area contributed by atoms with Crippen LogP contribution in [0.15, 0.2) is 0 Å². The third kappa shape index (κ3) is 2.80. The maximum atomic E-state index is 5.34. The molecule has 0 aromatic carbocycles. The summed E-state index contributed by atoms with van der Waals surface area (Å²) in [6.07, 6.45) is 0. The van der Waals surface area contributed by atoms with Gasteiger partial charge in [0, 0.05) is 5.88 Å². The standard InChI is InChI=1S/C4H7Cl2/c1-4(2-5)3-6/h2,4H,3H2,1H3/t4-/m1/s1. The van der Waals surface area contributed by atoms with Gasteiger partial charge in [-0.1, -0.05) is 6.92 Å². The summed E-state index contributed by atoms with van der Waals surface area (Å²) in [6.45, 7) is 1.96. The first-order chi connectivity index (χ1) is 2.81. The summed E-state index contributed by atoms with van der Waals surface area (Å²) >= 11 is 10.6. The number of hydrogen-bond acceptors (Lipinski definition) is 0. The average molecular weight is 126 g/mol. The van der Waals surface area contributed by atoms with Gasteiger partial charge in [0.2, 0.25) is 0 Å². The summed E-state index contributed by atoms with van der Waals surface area (Å²) in [5.74, 6) is 2.52. The van der Waals surface area contributed by atoms with E-state index in [0.717, 1.165) is 0 Å². The summed E-state index contributed by atoms with van der Waals surface area (Å²) in [5.41, 5.74) is 0. The molecule has 0 N–H and O–H groups in total. The zero-order valence-corrected chi connectivity index (χ0v) is 5.13. The van der Waals surface area contributed by atoms with E-state index >= 15 is 0 Å². The lowest BCUT2D eigenvalue weighted by Crippen LogP contribution is -1.89. The van der Waals surface area contributed by atoms with Crippen LogP contribution in [-0.4, -0.2) is 5.88 Å². The predicted octanol–water partition coefficient (Wildman–Crippen LogP) is 2.26. The molecule has 6 heavy (non-hydrogen) atoms. The molecule has 0 saturated carbocycles. The molecule has 0 amide bonds. The van der Waals surface area contributed by atoms with Gasteiger partial charge in [-0.25, -0.2) is 0 Å². The second-order valence-corrected chi connectivity index (χ2v) is 1.82. The Hall–Kier alpha value is 0.580. The van der Waals surface area contributed by atoms with Gasteiger partial charge in [0.1, 0.15) is 0 Å². The zero-order valence-electron chi connectivity index (χ0n) is 3.62. The molecule has 0 spiro atoms. The van der Waals surface area contributed by atoms with Crippen molar-refractivity contribution in [2.24, 2.45) is 5.92 Å². The first-order valence-corrected chi connectivity index (χ1v) is 2.78. The lowest BCUT2D eigenvalue weighted by atomic mass is 10.3. The number of halogens is 2. The first-order valence-electron chi connectivity index (χ1n) is 1.80. The van der Waals surface area contributed by atoms with Crippen molar-refractivity contribution in [1.29, 1.82) is 0 Å². The molecular formula is C4H7Cl2. The summed E-state index contributed by atoms with van der Waals surface area (Å²) in [4.78, 5) is 0. The summed E-state index contributed by atoms with van der Waals surface area (Å²) in [5, 5.41) is 0. The van der Waals surface area contributed by atoms with Gasteiger partial charge in [-0.3, -0.25) is 0 Å². The maximum Gasteiger partial charge on any atom is 0.0539 e. The SMILES string of the molecule is C[C@H]([CH]Cl)CCl. The van der Waals surface area contributed by atoms with Crippen molar-refractivity contribution in [3.05, 3.63) is 5.88 Å². The fraction of sp³-hybridized carbons (Fsp3) is 0.750. The highest BCUT2D eigenvalue weighted by Crippen LogP contribution is 2.03. The van der Waals surface area contributed by atoms with Gasteiger partial charge in [0.15, 0.2) is 0 Å². The lowest BCUT2D eigenvalue weighted by molar-refractivity contribution is 0.817. The first kappa shape index (κ1) is 6.58. The van der Waals surface area contributed by atoms with Crippen LogP contribution in [0.2, 0.25) is 0 Å². The molecule has 0 aliphatic heterocycles. The van der Waals surface area contributed by atoms with E-state index < -0.39 is 0 Å². The quantitative estimate of drug-likeness (QED) is 0.498. The minimum Gasteiger partial charge on any atom is -0.126 e. The van der Waals surface area contributed by atoms with Crippen LogP contribution in [0, 0.1) is 11.8 Å². The van der Waals surface area contributed by atoms with Crippen molar-refractivity contribution in [3.63, 3.8) is 0 Å². The number of rotatable bonds is 2. The van der Waals surface area contributed by atoms with Crippen LogP contribution in [0.3, 0.4) is 0 Å². The third-order valence-electron chi connectivity index (χ3n) is 0.458. The molecule has 0 aromatic heterocycles. The zero-order chi connectivity index (χ0) is 4.99. The van der Waals surface area contributed by atoms with E-state index in [2.05, 4.69) is 0 Å². The highest BCUT2D eigenvalue weighted by molar-refractivity contribution is 6.24. The molecule has 0 fully saturated rings. The van der Waals surface area contributed by atoms with Crippen LogP contribution in [0.4, 0.5) is 0 Å². The highest BCUT2D eigenvalue weighted by Gasteiger charge is 1.93. The van der Waals surface area contributed by atoms with Gasteiger partial charge < -0.3 is 0 Å². The number of hydrogen-bond donors (Lipinski definition) is 0. The van der Waals surface area contributed by atoms with E-state index in [1.54, 1.807) is 5.88 Å². The average Bonchev–Trinajstić information content (AvgIpc) is 1.65. The molecular weight excluding hydrogens is 119 g/mol. The molecule has 0 bridgehead atoms. The van der Waals surface area contributed by atoms with Crippen molar-refractivity contribution in [2.45, 2.75) is 6.92 Å². The maximum absolute atomic E-state index is 5.34. The molecule has 0 saturated heterocycles. The Bertz CT molecular complexity index is 24.7. The van der Waals surface area contributed by atoms with Crippen LogP contribution in [0.25, 0.3) is 0 Å². The van der Waals surface area contributed by atoms with Crippen LogP contribution in [0.5, 0.6) is 0 Å². The van der Waals surface area contributed by atoms with E-state index in [4.69, 9.17) is 23.2 Å². The van der Waals surface area contributed by atoms with Gasteiger partial charge in [0.05, 0.1) is 5.88 Å². The molecule has 0 nitrogen and oxygen atoms in total. The molecule has 0 heterocycles. The van der Waals surface area contributed by atoms with Crippen LogP contribution >= 0.6 is 23.2 Å². The highest BCUT2D eigenvalue weighted by atomic mass is 35.5. The van der Waals surface area contributed by atoms with Gasteiger partial charge in [-0.05, 0) is 5.92 Å². The van der Waals surface area contributed by atoms with Crippen molar-refractivity contribution < 1.29 is 0 Å². The number of alkyl halides is 1. The van der Waals surface area contributed by atoms with Crippen molar-refractivity contribution in [2.75, 3.05) is 5.88 Å². The molecule has 0 aliphatic rings. The topological polar surface area (TPSA) is 0 Å².